The van der Waals surface area contributed by atoms with E-state index >= 15 is 0 Å². The zero-order chi connectivity index (χ0) is 20.2. The maximum Gasteiger partial charge on any atom is 0.404 e. The number of halogens is 5. The Labute approximate surface area is 154 Å². The van der Waals surface area contributed by atoms with Gasteiger partial charge in [0.15, 0.2) is 17.3 Å². The standard InChI is InChI=1S/C12H10ClF4N5O4S/c13-7-3-6(1-2-8(7)14)19-11(20-23)10-9(21-26-22-10)4-18-27(24,25)5-12(15,16)17/h1-3,18,23H,4-5H2,(H,19,20). The average Bonchev–Trinajstić information content (AvgIpc) is 3.00. The number of amidine groups is 1. The van der Waals surface area contributed by atoms with Gasteiger partial charge >= 0.3 is 6.18 Å². The lowest BCUT2D eigenvalue weighted by Crippen LogP contribution is -2.34. The summed E-state index contributed by atoms with van der Waals surface area (Å²) in [4.78, 5) is 3.87. The SMILES string of the molecule is O=S(=O)(CC(F)(F)F)NCc1nonc1C(=Nc1ccc(F)c(Cl)c1)NO. The molecule has 0 aliphatic carbocycles. The van der Waals surface area contributed by atoms with Crippen molar-refractivity contribution in [2.45, 2.75) is 12.7 Å². The number of alkyl halides is 3. The summed E-state index contributed by atoms with van der Waals surface area (Å²) in [7, 11) is -4.70. The van der Waals surface area contributed by atoms with Crippen LogP contribution in [0, 0.1) is 5.82 Å². The highest BCUT2D eigenvalue weighted by Crippen LogP contribution is 2.22. The molecule has 0 aliphatic heterocycles. The van der Waals surface area contributed by atoms with E-state index < -0.39 is 40.2 Å². The number of sulfonamides is 1. The van der Waals surface area contributed by atoms with Crippen LogP contribution in [0.3, 0.4) is 0 Å². The second kappa shape index (κ2) is 8.16. The molecule has 0 saturated carbocycles. The monoisotopic (exact) mass is 431 g/mol. The van der Waals surface area contributed by atoms with Gasteiger partial charge in [-0.25, -0.2) is 27.2 Å². The summed E-state index contributed by atoms with van der Waals surface area (Å²) in [6.45, 7) is -0.720. The second-order valence-corrected chi connectivity index (χ2v) is 7.14. The number of aliphatic imine (C=N–C) groups is 1. The van der Waals surface area contributed by atoms with Crippen LogP contribution in [0.15, 0.2) is 27.8 Å². The molecule has 148 valence electrons. The maximum absolute atomic E-state index is 13.2. The van der Waals surface area contributed by atoms with Gasteiger partial charge < -0.3 is 0 Å². The van der Waals surface area contributed by atoms with Crippen molar-refractivity contribution in [3.8, 4) is 0 Å². The van der Waals surface area contributed by atoms with Crippen LogP contribution in [0.1, 0.15) is 11.4 Å². The Morgan fingerprint density at radius 1 is 1.33 bits per heavy atom. The Kier molecular flexibility index (Phi) is 6.35. The predicted octanol–water partition coefficient (Wildman–Crippen LogP) is 1.90. The first-order chi connectivity index (χ1) is 12.5. The Morgan fingerprint density at radius 3 is 2.63 bits per heavy atom. The molecule has 0 fully saturated rings. The fourth-order valence-electron chi connectivity index (χ4n) is 1.76. The number of hydrogen-bond acceptors (Lipinski definition) is 7. The maximum atomic E-state index is 13.2. The number of aromatic nitrogens is 2. The van der Waals surface area contributed by atoms with E-state index in [9.17, 15) is 31.2 Å². The van der Waals surface area contributed by atoms with E-state index in [0.717, 1.165) is 12.1 Å². The van der Waals surface area contributed by atoms with E-state index in [0.29, 0.717) is 0 Å². The number of hydrogen-bond donors (Lipinski definition) is 3. The largest absolute Gasteiger partial charge is 0.404 e. The lowest BCUT2D eigenvalue weighted by atomic mass is 10.3. The first-order valence-electron chi connectivity index (χ1n) is 6.80. The molecule has 1 heterocycles. The molecular weight excluding hydrogens is 422 g/mol. The third-order valence-corrected chi connectivity index (χ3v) is 4.43. The molecule has 1 aromatic carbocycles. The molecule has 15 heteroatoms. The van der Waals surface area contributed by atoms with E-state index in [1.807, 2.05) is 0 Å². The van der Waals surface area contributed by atoms with E-state index in [-0.39, 0.29) is 22.1 Å². The molecule has 0 radical (unpaired) electrons. The molecule has 0 bridgehead atoms. The van der Waals surface area contributed by atoms with Gasteiger partial charge in [-0.1, -0.05) is 16.8 Å². The topological polar surface area (TPSA) is 130 Å². The van der Waals surface area contributed by atoms with Crippen LogP contribution in [0.4, 0.5) is 23.2 Å². The van der Waals surface area contributed by atoms with Crippen LogP contribution in [-0.4, -0.2) is 41.7 Å². The summed E-state index contributed by atoms with van der Waals surface area (Å²) in [5.41, 5.74) is 1.16. The van der Waals surface area contributed by atoms with E-state index in [4.69, 9.17) is 11.6 Å². The van der Waals surface area contributed by atoms with Crippen molar-refractivity contribution in [1.82, 2.24) is 20.5 Å². The highest BCUT2D eigenvalue weighted by molar-refractivity contribution is 7.89. The average molecular weight is 432 g/mol. The summed E-state index contributed by atoms with van der Waals surface area (Å²) in [5, 5.41) is 15.7. The molecule has 1 aromatic heterocycles. The molecule has 0 saturated heterocycles. The molecule has 0 unspecified atom stereocenters. The van der Waals surface area contributed by atoms with Crippen molar-refractivity contribution in [2.75, 3.05) is 5.75 Å². The molecule has 9 nitrogen and oxygen atoms in total. The molecule has 2 aromatic rings. The molecule has 27 heavy (non-hydrogen) atoms. The lowest BCUT2D eigenvalue weighted by molar-refractivity contribution is -0.106. The van der Waals surface area contributed by atoms with Gasteiger partial charge in [0.05, 0.1) is 17.3 Å². The molecule has 0 aliphatic rings. The Hall–Kier alpha value is -2.29. The van der Waals surface area contributed by atoms with E-state index in [2.05, 4.69) is 19.9 Å². The highest BCUT2D eigenvalue weighted by Gasteiger charge is 2.35. The second-order valence-electron chi connectivity index (χ2n) is 4.93. The summed E-state index contributed by atoms with van der Waals surface area (Å²) in [6.07, 6.45) is -4.93. The number of rotatable bonds is 6. The van der Waals surface area contributed by atoms with Gasteiger partial charge in [-0.15, -0.1) is 0 Å². The third kappa shape index (κ3) is 6.13. The molecule has 0 amide bonds. The van der Waals surface area contributed by atoms with Gasteiger partial charge in [0.25, 0.3) is 0 Å². The normalized spacial score (nSPS) is 13.0. The van der Waals surface area contributed by atoms with Crippen molar-refractivity contribution in [2.24, 2.45) is 4.99 Å². The van der Waals surface area contributed by atoms with Gasteiger partial charge in [0.2, 0.25) is 10.0 Å². The Morgan fingerprint density at radius 2 is 2.04 bits per heavy atom. The molecule has 0 atom stereocenters. The van der Waals surface area contributed by atoms with E-state index in [1.54, 1.807) is 10.2 Å². The zero-order valence-corrected chi connectivity index (χ0v) is 14.5. The zero-order valence-electron chi connectivity index (χ0n) is 13.0. The molecule has 0 spiro atoms. The van der Waals surface area contributed by atoms with Crippen LogP contribution < -0.4 is 10.2 Å². The lowest BCUT2D eigenvalue weighted by Gasteiger charge is -2.08. The van der Waals surface area contributed by atoms with Gasteiger partial charge in [0.1, 0.15) is 11.5 Å². The summed E-state index contributed by atoms with van der Waals surface area (Å²) in [5.74, 6) is -3.20. The minimum absolute atomic E-state index is 0.0737. The fraction of sp³-hybridized carbons (Fsp3) is 0.250. The fourth-order valence-corrected chi connectivity index (χ4v) is 2.83. The molecule has 3 N–H and O–H groups in total. The number of hydroxylamine groups is 1. The van der Waals surface area contributed by atoms with Crippen molar-refractivity contribution < 1.29 is 35.8 Å². The van der Waals surface area contributed by atoms with E-state index in [1.165, 1.54) is 6.07 Å². The minimum atomic E-state index is -4.93. The smallest absolute Gasteiger partial charge is 0.290 e. The molecule has 2 rings (SSSR count). The number of benzene rings is 1. The highest BCUT2D eigenvalue weighted by atomic mass is 35.5. The summed E-state index contributed by atoms with van der Waals surface area (Å²) < 4.78 is 78.7. The first kappa shape index (κ1) is 21.0. The van der Waals surface area contributed by atoms with Gasteiger partial charge in [-0.3, -0.25) is 10.7 Å². The van der Waals surface area contributed by atoms with Crippen molar-refractivity contribution in [1.29, 1.82) is 0 Å². The Bertz CT molecular complexity index is 948. The van der Waals surface area contributed by atoms with Crippen molar-refractivity contribution in [3.63, 3.8) is 0 Å². The van der Waals surface area contributed by atoms with Gasteiger partial charge in [0, 0.05) is 0 Å². The van der Waals surface area contributed by atoms with Gasteiger partial charge in [-0.2, -0.15) is 13.2 Å². The summed E-state index contributed by atoms with van der Waals surface area (Å²) in [6, 6.07) is 3.33. The first-order valence-corrected chi connectivity index (χ1v) is 8.83. The number of nitrogens with zero attached hydrogens (tertiary/aromatic N) is 3. The van der Waals surface area contributed by atoms with Crippen molar-refractivity contribution >= 4 is 33.1 Å². The third-order valence-electron chi connectivity index (χ3n) is 2.84. The van der Waals surface area contributed by atoms with Gasteiger partial charge in [-0.05, 0) is 23.4 Å². The quantitative estimate of drug-likeness (QED) is 0.275. The van der Waals surface area contributed by atoms with Crippen molar-refractivity contribution in [3.05, 3.63) is 40.4 Å². The van der Waals surface area contributed by atoms with Crippen LogP contribution in [0.5, 0.6) is 0 Å². The minimum Gasteiger partial charge on any atom is -0.290 e. The molecular formula is C12H10ClF4N5O4S. The Balaban J connectivity index is 2.23. The summed E-state index contributed by atoms with van der Waals surface area (Å²) >= 11 is 5.61. The van der Waals surface area contributed by atoms with Crippen LogP contribution in [0.2, 0.25) is 5.02 Å². The van der Waals surface area contributed by atoms with Crippen LogP contribution in [-0.2, 0) is 16.6 Å². The van der Waals surface area contributed by atoms with Crippen LogP contribution in [0.25, 0.3) is 0 Å². The predicted molar refractivity (Wildman–Crippen MR) is 83.5 cm³/mol. The van der Waals surface area contributed by atoms with Crippen LogP contribution >= 0.6 is 11.6 Å². The number of nitrogens with one attached hydrogen (secondary N) is 2.